The molecule has 20 heavy (non-hydrogen) atoms. The highest BCUT2D eigenvalue weighted by atomic mass is 16.5. The van der Waals surface area contributed by atoms with Crippen LogP contribution < -0.4 is 10.5 Å². The van der Waals surface area contributed by atoms with Gasteiger partial charge in [0.05, 0.1) is 5.52 Å². The number of fused-ring (bicyclic) bond motifs is 1. The maximum Gasteiger partial charge on any atom is 0.214 e. The zero-order valence-electron chi connectivity index (χ0n) is 11.6. The summed E-state index contributed by atoms with van der Waals surface area (Å²) in [7, 11) is 3.94. The van der Waals surface area contributed by atoms with E-state index in [1.165, 1.54) is 0 Å². The molecule has 1 aromatic heterocycles. The molecule has 6 nitrogen and oxygen atoms in total. The Morgan fingerprint density at radius 2 is 2.15 bits per heavy atom. The maximum atomic E-state index is 8.88. The second-order valence-electron chi connectivity index (χ2n) is 4.66. The van der Waals surface area contributed by atoms with Crippen molar-refractivity contribution in [2.24, 2.45) is 10.9 Å². The lowest BCUT2D eigenvalue weighted by Crippen LogP contribution is -2.20. The van der Waals surface area contributed by atoms with Crippen LogP contribution in [0.5, 0.6) is 5.88 Å². The molecular weight excluding hydrogens is 256 g/mol. The highest BCUT2D eigenvalue weighted by Crippen LogP contribution is 2.21. The summed E-state index contributed by atoms with van der Waals surface area (Å²) in [5, 5.41) is 12.8. The predicted molar refractivity (Wildman–Crippen MR) is 78.3 cm³/mol. The van der Waals surface area contributed by atoms with Crippen molar-refractivity contribution in [2.45, 2.75) is 0 Å². The Hall–Kier alpha value is -2.34. The van der Waals surface area contributed by atoms with E-state index in [9.17, 15) is 0 Å². The van der Waals surface area contributed by atoms with Crippen LogP contribution >= 0.6 is 0 Å². The number of aromatic nitrogens is 1. The number of para-hydroxylation sites is 1. The van der Waals surface area contributed by atoms with E-state index in [0.29, 0.717) is 18.1 Å². The quantitative estimate of drug-likeness (QED) is 0.371. The number of benzene rings is 1. The molecule has 0 saturated carbocycles. The Balaban J connectivity index is 2.37. The first kappa shape index (κ1) is 14.1. The number of hydrogen-bond acceptors (Lipinski definition) is 5. The zero-order valence-corrected chi connectivity index (χ0v) is 11.6. The fraction of sp³-hybridized carbons (Fsp3) is 0.286. The number of ether oxygens (including phenoxy) is 1. The summed E-state index contributed by atoms with van der Waals surface area (Å²) in [5.74, 6) is 0.508. The van der Waals surface area contributed by atoms with E-state index in [2.05, 4.69) is 10.1 Å². The Morgan fingerprint density at radius 1 is 1.40 bits per heavy atom. The summed E-state index contributed by atoms with van der Waals surface area (Å²) in [6.07, 6.45) is 0. The molecular formula is C14H18N4O2. The highest BCUT2D eigenvalue weighted by molar-refractivity contribution is 6.08. The number of hydrogen-bond donors (Lipinski definition) is 2. The van der Waals surface area contributed by atoms with E-state index in [0.717, 1.165) is 17.4 Å². The number of nitrogens with two attached hydrogens (primary N) is 1. The molecule has 0 spiro atoms. The second kappa shape index (κ2) is 6.21. The van der Waals surface area contributed by atoms with Gasteiger partial charge in [-0.05, 0) is 20.2 Å². The van der Waals surface area contributed by atoms with Crippen LogP contribution in [0.3, 0.4) is 0 Å². The molecule has 0 atom stereocenters. The maximum absolute atomic E-state index is 8.88. The van der Waals surface area contributed by atoms with Gasteiger partial charge in [-0.1, -0.05) is 23.4 Å². The first-order chi connectivity index (χ1) is 9.61. The SMILES string of the molecule is CN(C)CCOc1cc(C(N)=NO)c2ccccc2n1. The number of likely N-dealkylation sites (N-methyl/N-ethyl adjacent to an activating group) is 1. The average molecular weight is 274 g/mol. The summed E-state index contributed by atoms with van der Waals surface area (Å²) < 4.78 is 5.62. The van der Waals surface area contributed by atoms with Gasteiger partial charge in [0.2, 0.25) is 5.88 Å². The molecule has 2 rings (SSSR count). The Kier molecular flexibility index (Phi) is 4.37. The van der Waals surface area contributed by atoms with Gasteiger partial charge in [-0.2, -0.15) is 0 Å². The molecule has 0 bridgehead atoms. The molecule has 1 aromatic carbocycles. The van der Waals surface area contributed by atoms with Crippen LogP contribution in [0.15, 0.2) is 35.5 Å². The van der Waals surface area contributed by atoms with Crippen LogP contribution in [0.2, 0.25) is 0 Å². The van der Waals surface area contributed by atoms with Gasteiger partial charge in [-0.15, -0.1) is 0 Å². The van der Waals surface area contributed by atoms with Crippen molar-refractivity contribution in [3.8, 4) is 5.88 Å². The summed E-state index contributed by atoms with van der Waals surface area (Å²) in [6, 6.07) is 9.19. The van der Waals surface area contributed by atoms with Gasteiger partial charge in [-0.25, -0.2) is 4.98 Å². The summed E-state index contributed by atoms with van der Waals surface area (Å²) in [6.45, 7) is 1.31. The van der Waals surface area contributed by atoms with Crippen molar-refractivity contribution < 1.29 is 9.94 Å². The van der Waals surface area contributed by atoms with Crippen molar-refractivity contribution in [1.82, 2.24) is 9.88 Å². The second-order valence-corrected chi connectivity index (χ2v) is 4.66. The van der Waals surface area contributed by atoms with Crippen LogP contribution in [0.25, 0.3) is 10.9 Å². The Labute approximate surface area is 117 Å². The molecule has 3 N–H and O–H groups in total. The average Bonchev–Trinajstić information content (AvgIpc) is 2.45. The third-order valence-corrected chi connectivity index (χ3v) is 2.86. The standard InChI is InChI=1S/C14H18N4O2/c1-18(2)7-8-20-13-9-11(14(15)17-19)10-5-3-4-6-12(10)16-13/h3-6,9,19H,7-8H2,1-2H3,(H2,15,17). The van der Waals surface area contributed by atoms with Gasteiger partial charge in [-0.3, -0.25) is 0 Å². The van der Waals surface area contributed by atoms with E-state index in [-0.39, 0.29) is 5.84 Å². The van der Waals surface area contributed by atoms with Gasteiger partial charge in [0, 0.05) is 23.6 Å². The van der Waals surface area contributed by atoms with Crippen molar-refractivity contribution in [1.29, 1.82) is 0 Å². The third-order valence-electron chi connectivity index (χ3n) is 2.86. The lowest BCUT2D eigenvalue weighted by atomic mass is 10.1. The predicted octanol–water partition coefficient (Wildman–Crippen LogP) is 1.27. The van der Waals surface area contributed by atoms with Crippen molar-refractivity contribution in [3.63, 3.8) is 0 Å². The third kappa shape index (κ3) is 3.16. The minimum absolute atomic E-state index is 0.0426. The van der Waals surface area contributed by atoms with E-state index in [4.69, 9.17) is 15.7 Å². The molecule has 0 amide bonds. The van der Waals surface area contributed by atoms with Crippen LogP contribution in [-0.2, 0) is 0 Å². The molecule has 1 heterocycles. The molecule has 0 fully saturated rings. The fourth-order valence-electron chi connectivity index (χ4n) is 1.82. The summed E-state index contributed by atoms with van der Waals surface area (Å²) in [5.41, 5.74) is 7.07. The smallest absolute Gasteiger partial charge is 0.214 e. The van der Waals surface area contributed by atoms with E-state index in [1.54, 1.807) is 6.07 Å². The summed E-state index contributed by atoms with van der Waals surface area (Å²) >= 11 is 0. The van der Waals surface area contributed by atoms with Crippen molar-refractivity contribution in [2.75, 3.05) is 27.2 Å². The number of amidine groups is 1. The van der Waals surface area contributed by atoms with Crippen LogP contribution in [0.4, 0.5) is 0 Å². The lowest BCUT2D eigenvalue weighted by Gasteiger charge is -2.12. The minimum Gasteiger partial charge on any atom is -0.476 e. The zero-order chi connectivity index (χ0) is 14.5. The molecule has 0 unspecified atom stereocenters. The van der Waals surface area contributed by atoms with E-state index >= 15 is 0 Å². The molecule has 0 saturated heterocycles. The number of oxime groups is 1. The van der Waals surface area contributed by atoms with Crippen molar-refractivity contribution in [3.05, 3.63) is 35.9 Å². The first-order valence-corrected chi connectivity index (χ1v) is 6.27. The monoisotopic (exact) mass is 274 g/mol. The van der Waals surface area contributed by atoms with Gasteiger partial charge >= 0.3 is 0 Å². The normalized spacial score (nSPS) is 12.1. The number of rotatable bonds is 5. The first-order valence-electron chi connectivity index (χ1n) is 6.27. The lowest BCUT2D eigenvalue weighted by molar-refractivity contribution is 0.254. The molecule has 0 aliphatic rings. The largest absolute Gasteiger partial charge is 0.476 e. The topological polar surface area (TPSA) is 84.0 Å². The van der Waals surface area contributed by atoms with E-state index < -0.39 is 0 Å². The van der Waals surface area contributed by atoms with Gasteiger partial charge < -0.3 is 20.6 Å². The Morgan fingerprint density at radius 3 is 2.85 bits per heavy atom. The van der Waals surface area contributed by atoms with Crippen LogP contribution in [0.1, 0.15) is 5.56 Å². The Bertz CT molecular complexity index is 626. The molecule has 0 radical (unpaired) electrons. The van der Waals surface area contributed by atoms with Gasteiger partial charge in [0.15, 0.2) is 5.84 Å². The molecule has 2 aromatic rings. The van der Waals surface area contributed by atoms with Crippen LogP contribution in [0, 0.1) is 0 Å². The van der Waals surface area contributed by atoms with Crippen LogP contribution in [-0.4, -0.2) is 48.2 Å². The van der Waals surface area contributed by atoms with Gasteiger partial charge in [0.25, 0.3) is 0 Å². The highest BCUT2D eigenvalue weighted by Gasteiger charge is 2.10. The van der Waals surface area contributed by atoms with E-state index in [1.807, 2.05) is 43.3 Å². The van der Waals surface area contributed by atoms with Gasteiger partial charge in [0.1, 0.15) is 6.61 Å². The number of pyridine rings is 1. The molecule has 0 aliphatic carbocycles. The fourth-order valence-corrected chi connectivity index (χ4v) is 1.82. The molecule has 6 heteroatoms. The molecule has 0 aliphatic heterocycles. The number of nitrogens with zero attached hydrogens (tertiary/aromatic N) is 3. The van der Waals surface area contributed by atoms with Crippen molar-refractivity contribution >= 4 is 16.7 Å². The molecule has 106 valence electrons. The minimum atomic E-state index is 0.0426. The summed E-state index contributed by atoms with van der Waals surface area (Å²) in [4.78, 5) is 6.44.